The van der Waals surface area contributed by atoms with Crippen LogP contribution in [0.4, 0.5) is 0 Å². The molecule has 4 heteroatoms. The number of hydrogen-bond acceptors (Lipinski definition) is 2. The van der Waals surface area contributed by atoms with Gasteiger partial charge in [0.25, 0.3) is 0 Å². The van der Waals surface area contributed by atoms with Crippen molar-refractivity contribution in [2.45, 2.75) is 13.3 Å². The molecule has 0 atom stereocenters. The number of aromatic nitrogens is 1. The summed E-state index contributed by atoms with van der Waals surface area (Å²) in [5, 5.41) is 9.02. The Morgan fingerprint density at radius 3 is 2.92 bits per heavy atom. The van der Waals surface area contributed by atoms with Crippen LogP contribution in [-0.4, -0.2) is 16.1 Å². The summed E-state index contributed by atoms with van der Waals surface area (Å²) in [4.78, 5) is 14.2. The van der Waals surface area contributed by atoms with E-state index in [4.69, 9.17) is 16.7 Å². The zero-order valence-electron chi connectivity index (χ0n) is 6.54. The Hall–Kier alpha value is -1.09. The fourth-order valence-electron chi connectivity index (χ4n) is 0.881. The molecule has 64 valence electrons. The molecule has 1 heterocycles. The molecular weight excluding hydrogens is 178 g/mol. The SMILES string of the molecule is Cc1c(Cl)cncc1CC(=O)O. The minimum absolute atomic E-state index is 0.0284. The molecule has 1 rings (SSSR count). The van der Waals surface area contributed by atoms with Crippen molar-refractivity contribution >= 4 is 17.6 Å². The molecule has 1 N–H and O–H groups in total. The van der Waals surface area contributed by atoms with E-state index in [1.165, 1.54) is 12.4 Å². The molecule has 0 saturated carbocycles. The lowest BCUT2D eigenvalue weighted by atomic mass is 10.1. The van der Waals surface area contributed by atoms with Crippen LogP contribution >= 0.6 is 11.6 Å². The van der Waals surface area contributed by atoms with Crippen LogP contribution < -0.4 is 0 Å². The van der Waals surface area contributed by atoms with E-state index in [2.05, 4.69) is 4.98 Å². The van der Waals surface area contributed by atoms with Gasteiger partial charge in [-0.2, -0.15) is 0 Å². The van der Waals surface area contributed by atoms with Crippen molar-refractivity contribution in [3.05, 3.63) is 28.5 Å². The van der Waals surface area contributed by atoms with E-state index in [1.54, 1.807) is 6.92 Å². The van der Waals surface area contributed by atoms with Crippen molar-refractivity contribution in [3.8, 4) is 0 Å². The van der Waals surface area contributed by atoms with Crippen LogP contribution in [0.1, 0.15) is 11.1 Å². The highest BCUT2D eigenvalue weighted by atomic mass is 35.5. The fraction of sp³-hybridized carbons (Fsp3) is 0.250. The Morgan fingerprint density at radius 2 is 2.33 bits per heavy atom. The second-order valence-electron chi connectivity index (χ2n) is 2.48. The van der Waals surface area contributed by atoms with Crippen LogP contribution in [0.25, 0.3) is 0 Å². The number of aliphatic carboxylic acids is 1. The first-order valence-electron chi connectivity index (χ1n) is 3.42. The summed E-state index contributed by atoms with van der Waals surface area (Å²) in [5.41, 5.74) is 1.45. The van der Waals surface area contributed by atoms with Crippen molar-refractivity contribution in [2.24, 2.45) is 0 Å². The number of carboxylic acid groups (broad SMARTS) is 1. The first-order valence-corrected chi connectivity index (χ1v) is 3.80. The van der Waals surface area contributed by atoms with Crippen LogP contribution in [-0.2, 0) is 11.2 Å². The number of pyridine rings is 1. The number of hydrogen-bond donors (Lipinski definition) is 1. The van der Waals surface area contributed by atoms with Gasteiger partial charge in [-0.25, -0.2) is 0 Å². The third-order valence-electron chi connectivity index (χ3n) is 1.60. The Balaban J connectivity index is 3.00. The quantitative estimate of drug-likeness (QED) is 0.763. The zero-order chi connectivity index (χ0) is 9.14. The molecule has 3 nitrogen and oxygen atoms in total. The molecule has 1 aromatic heterocycles. The van der Waals surface area contributed by atoms with Gasteiger partial charge in [-0.05, 0) is 18.1 Å². The van der Waals surface area contributed by atoms with E-state index < -0.39 is 5.97 Å². The maximum absolute atomic E-state index is 10.4. The van der Waals surface area contributed by atoms with Crippen LogP contribution in [0.3, 0.4) is 0 Å². The van der Waals surface area contributed by atoms with E-state index in [1.807, 2.05) is 0 Å². The van der Waals surface area contributed by atoms with Gasteiger partial charge in [-0.15, -0.1) is 0 Å². The van der Waals surface area contributed by atoms with Crippen LogP contribution in [0.2, 0.25) is 5.02 Å². The van der Waals surface area contributed by atoms with Crippen molar-refractivity contribution < 1.29 is 9.90 Å². The fourth-order valence-corrected chi connectivity index (χ4v) is 1.06. The topological polar surface area (TPSA) is 50.2 Å². The molecule has 0 aliphatic rings. The normalized spacial score (nSPS) is 9.83. The van der Waals surface area contributed by atoms with Gasteiger partial charge >= 0.3 is 5.97 Å². The first kappa shape index (κ1) is 9.00. The summed E-state index contributed by atoms with van der Waals surface area (Å²) in [6, 6.07) is 0. The molecule has 0 amide bonds. The Labute approximate surface area is 75.0 Å². The molecule has 0 aromatic carbocycles. The van der Waals surface area contributed by atoms with E-state index >= 15 is 0 Å². The van der Waals surface area contributed by atoms with Crippen LogP contribution in [0.5, 0.6) is 0 Å². The van der Waals surface area contributed by atoms with Crippen molar-refractivity contribution in [3.63, 3.8) is 0 Å². The van der Waals surface area contributed by atoms with Gasteiger partial charge in [0.15, 0.2) is 0 Å². The minimum Gasteiger partial charge on any atom is -0.481 e. The predicted octanol–water partition coefficient (Wildman–Crippen LogP) is 1.67. The van der Waals surface area contributed by atoms with Crippen molar-refractivity contribution in [2.75, 3.05) is 0 Å². The second kappa shape index (κ2) is 3.54. The average Bonchev–Trinajstić information content (AvgIpc) is 1.98. The molecule has 0 aliphatic heterocycles. The second-order valence-corrected chi connectivity index (χ2v) is 2.88. The molecule has 0 bridgehead atoms. The summed E-state index contributed by atoms with van der Waals surface area (Å²) in [6.07, 6.45) is 3.00. The maximum atomic E-state index is 10.4. The smallest absolute Gasteiger partial charge is 0.307 e. The molecule has 1 aromatic rings. The Bertz CT molecular complexity index is 312. The zero-order valence-corrected chi connectivity index (χ0v) is 7.30. The highest BCUT2D eigenvalue weighted by Gasteiger charge is 2.06. The highest BCUT2D eigenvalue weighted by molar-refractivity contribution is 6.31. The van der Waals surface area contributed by atoms with Gasteiger partial charge in [-0.3, -0.25) is 9.78 Å². The first-order chi connectivity index (χ1) is 5.61. The average molecular weight is 186 g/mol. The lowest BCUT2D eigenvalue weighted by Crippen LogP contribution is -2.02. The number of rotatable bonds is 2. The van der Waals surface area contributed by atoms with Crippen molar-refractivity contribution in [1.29, 1.82) is 0 Å². The van der Waals surface area contributed by atoms with Crippen LogP contribution in [0, 0.1) is 6.92 Å². The molecule has 0 spiro atoms. The molecule has 0 saturated heterocycles. The third kappa shape index (κ3) is 1.95. The maximum Gasteiger partial charge on any atom is 0.307 e. The molecular formula is C8H8ClNO2. The van der Waals surface area contributed by atoms with Gasteiger partial charge < -0.3 is 5.11 Å². The Morgan fingerprint density at radius 1 is 1.67 bits per heavy atom. The standard InChI is InChI=1S/C8H8ClNO2/c1-5-6(2-8(11)12)3-10-4-7(5)9/h3-4H,2H2,1H3,(H,11,12). The third-order valence-corrected chi connectivity index (χ3v) is 1.98. The van der Waals surface area contributed by atoms with Gasteiger partial charge in [-0.1, -0.05) is 11.6 Å². The summed E-state index contributed by atoms with van der Waals surface area (Å²) in [5.74, 6) is -0.873. The van der Waals surface area contributed by atoms with E-state index in [9.17, 15) is 4.79 Å². The molecule has 0 radical (unpaired) electrons. The lowest BCUT2D eigenvalue weighted by Gasteiger charge is -2.02. The molecule has 0 unspecified atom stereocenters. The van der Waals surface area contributed by atoms with Crippen LogP contribution in [0.15, 0.2) is 12.4 Å². The van der Waals surface area contributed by atoms with Crippen molar-refractivity contribution in [1.82, 2.24) is 4.98 Å². The van der Waals surface area contributed by atoms with E-state index in [-0.39, 0.29) is 6.42 Å². The van der Waals surface area contributed by atoms with Gasteiger partial charge in [0, 0.05) is 12.4 Å². The van der Waals surface area contributed by atoms with E-state index in [0.717, 1.165) is 5.56 Å². The number of carboxylic acids is 1. The molecule has 12 heavy (non-hydrogen) atoms. The predicted molar refractivity (Wildman–Crippen MR) is 45.3 cm³/mol. The Kier molecular flexibility index (Phi) is 2.65. The number of carbonyl (C=O) groups is 1. The van der Waals surface area contributed by atoms with Gasteiger partial charge in [0.2, 0.25) is 0 Å². The largest absolute Gasteiger partial charge is 0.481 e. The highest BCUT2D eigenvalue weighted by Crippen LogP contribution is 2.17. The summed E-state index contributed by atoms with van der Waals surface area (Å²) in [7, 11) is 0. The summed E-state index contributed by atoms with van der Waals surface area (Å²) < 4.78 is 0. The lowest BCUT2D eigenvalue weighted by molar-refractivity contribution is -0.136. The van der Waals surface area contributed by atoms with E-state index in [0.29, 0.717) is 10.6 Å². The number of halogens is 1. The monoisotopic (exact) mass is 185 g/mol. The molecule has 0 aliphatic carbocycles. The molecule has 0 fully saturated rings. The van der Waals surface area contributed by atoms with Gasteiger partial charge in [0.1, 0.15) is 0 Å². The van der Waals surface area contributed by atoms with Gasteiger partial charge in [0.05, 0.1) is 11.4 Å². The minimum atomic E-state index is -0.873. The number of nitrogens with zero attached hydrogens (tertiary/aromatic N) is 1. The summed E-state index contributed by atoms with van der Waals surface area (Å²) >= 11 is 5.74. The summed E-state index contributed by atoms with van der Waals surface area (Å²) in [6.45, 7) is 1.78.